The van der Waals surface area contributed by atoms with E-state index in [0.29, 0.717) is 12.4 Å². The Balaban J connectivity index is 1.64. The second-order valence-corrected chi connectivity index (χ2v) is 8.08. The molecule has 0 amide bonds. The van der Waals surface area contributed by atoms with E-state index in [9.17, 15) is 13.5 Å². The summed E-state index contributed by atoms with van der Waals surface area (Å²) in [6.45, 7) is 4.71. The van der Waals surface area contributed by atoms with Gasteiger partial charge in [-0.3, -0.25) is 0 Å². The van der Waals surface area contributed by atoms with Gasteiger partial charge in [-0.15, -0.1) is 0 Å². The van der Waals surface area contributed by atoms with Gasteiger partial charge in [0, 0.05) is 0 Å². The van der Waals surface area contributed by atoms with Crippen LogP contribution in [0.1, 0.15) is 17.0 Å². The van der Waals surface area contributed by atoms with E-state index in [-0.39, 0.29) is 12.3 Å². The minimum atomic E-state index is -2.61. The monoisotopic (exact) mass is 398 g/mol. The quantitative estimate of drug-likeness (QED) is 0.486. The average Bonchev–Trinajstić information content (AvgIpc) is 3.17. The number of aryl methyl sites for hydroxylation is 2. The number of fused-ring (bicyclic) bond motifs is 2. The molecule has 0 aliphatic heterocycles. The van der Waals surface area contributed by atoms with Crippen LogP contribution in [-0.2, 0) is 29.5 Å². The molecule has 4 aromatic rings. The predicted molar refractivity (Wildman–Crippen MR) is 109 cm³/mol. The van der Waals surface area contributed by atoms with Crippen molar-refractivity contribution in [3.05, 3.63) is 59.7 Å². The van der Waals surface area contributed by atoms with E-state index in [1.807, 2.05) is 34.9 Å². The third kappa shape index (κ3) is 3.53. The van der Waals surface area contributed by atoms with Crippen molar-refractivity contribution in [2.45, 2.75) is 38.8 Å². The van der Waals surface area contributed by atoms with Gasteiger partial charge in [-0.1, -0.05) is 12.1 Å². The molecule has 1 unspecified atom stereocenters. The van der Waals surface area contributed by atoms with Crippen LogP contribution in [0.15, 0.2) is 42.7 Å². The van der Waals surface area contributed by atoms with Crippen LogP contribution in [0.3, 0.4) is 0 Å². The molecule has 146 valence electrons. The van der Waals surface area contributed by atoms with Gasteiger partial charge in [0.2, 0.25) is 0 Å². The molecule has 7 nitrogen and oxygen atoms in total. The summed E-state index contributed by atoms with van der Waals surface area (Å²) in [6.07, 6.45) is 1.01. The smallest absolute Gasteiger partial charge is 0.147 e. The fourth-order valence-electron chi connectivity index (χ4n) is 3.52. The molecule has 2 aromatic heterocycles. The van der Waals surface area contributed by atoms with Crippen LogP contribution >= 0.6 is 0 Å². The van der Waals surface area contributed by atoms with Gasteiger partial charge in [-0.05, 0) is 49.2 Å². The Hall–Kier alpha value is -2.71. The Bertz CT molecular complexity index is 1230. The summed E-state index contributed by atoms with van der Waals surface area (Å²) >= 11 is 0. The molecule has 2 heterocycles. The minimum absolute atomic E-state index is 0.150. The molecule has 0 saturated heterocycles. The number of thiol groups is 1. The first-order valence-electron chi connectivity index (χ1n) is 9.08. The topological polar surface area (TPSA) is 90.0 Å². The van der Waals surface area contributed by atoms with E-state index in [2.05, 4.69) is 29.9 Å². The molecule has 0 radical (unpaired) electrons. The second-order valence-electron chi connectivity index (χ2n) is 7.09. The number of hydrogen-bond acceptors (Lipinski definition) is 5. The summed E-state index contributed by atoms with van der Waals surface area (Å²) in [5, 5.41) is 10.7. The van der Waals surface area contributed by atoms with Gasteiger partial charge < -0.3 is 14.2 Å². The van der Waals surface area contributed by atoms with Crippen LogP contribution in [0.2, 0.25) is 0 Å². The van der Waals surface area contributed by atoms with Crippen LogP contribution < -0.4 is 0 Å². The highest BCUT2D eigenvalue weighted by Crippen LogP contribution is 2.20. The summed E-state index contributed by atoms with van der Waals surface area (Å²) < 4.78 is 26.2. The van der Waals surface area contributed by atoms with E-state index in [4.69, 9.17) is 0 Å². The lowest BCUT2D eigenvalue weighted by Gasteiger charge is -2.15. The molecule has 0 spiro atoms. The molecule has 28 heavy (non-hydrogen) atoms. The number of rotatable bonds is 6. The van der Waals surface area contributed by atoms with Crippen molar-refractivity contribution < 1.29 is 13.5 Å². The van der Waals surface area contributed by atoms with Crippen molar-refractivity contribution in [2.24, 2.45) is 0 Å². The first kappa shape index (κ1) is 18.6. The molecular weight excluding hydrogens is 376 g/mol. The predicted octanol–water partition coefficient (Wildman–Crippen LogP) is 2.18. The third-order valence-corrected chi connectivity index (χ3v) is 5.58. The summed E-state index contributed by atoms with van der Waals surface area (Å²) in [7, 11) is -2.61. The lowest BCUT2D eigenvalue weighted by molar-refractivity contribution is 0.136. The largest absolute Gasteiger partial charge is 0.389 e. The number of nitrogens with zero attached hydrogens (tertiary/aromatic N) is 4. The SMILES string of the molecule is Cc1cc2ncn(CC(O)Cn3c(C[SH](=O)=O)nc4ccccc43)c2cc1C. The molecule has 1 atom stereocenters. The Kier molecular flexibility index (Phi) is 4.91. The van der Waals surface area contributed by atoms with Gasteiger partial charge in [0.25, 0.3) is 0 Å². The first-order valence-corrected chi connectivity index (χ1v) is 10.4. The first-order chi connectivity index (χ1) is 13.4. The van der Waals surface area contributed by atoms with E-state index >= 15 is 0 Å². The van der Waals surface area contributed by atoms with Crippen molar-refractivity contribution >= 4 is 32.8 Å². The molecule has 8 heteroatoms. The molecule has 0 aliphatic carbocycles. The minimum Gasteiger partial charge on any atom is -0.389 e. The van der Waals surface area contributed by atoms with E-state index < -0.39 is 16.8 Å². The molecule has 0 fully saturated rings. The second kappa shape index (κ2) is 7.37. The van der Waals surface area contributed by atoms with Crippen molar-refractivity contribution in [3.8, 4) is 0 Å². The lowest BCUT2D eigenvalue weighted by atomic mass is 10.1. The number of para-hydroxylation sites is 2. The van der Waals surface area contributed by atoms with Crippen molar-refractivity contribution in [3.63, 3.8) is 0 Å². The Morgan fingerprint density at radius 2 is 1.79 bits per heavy atom. The van der Waals surface area contributed by atoms with Gasteiger partial charge in [0.05, 0.1) is 47.6 Å². The highest BCUT2D eigenvalue weighted by atomic mass is 32.2. The van der Waals surface area contributed by atoms with Crippen LogP contribution in [0, 0.1) is 13.8 Å². The Labute approximate surface area is 164 Å². The number of aliphatic hydroxyl groups excluding tert-OH is 1. The van der Waals surface area contributed by atoms with Gasteiger partial charge in [-0.25, -0.2) is 18.4 Å². The number of hydrogen-bond donors (Lipinski definition) is 2. The van der Waals surface area contributed by atoms with E-state index in [1.165, 1.54) is 11.1 Å². The zero-order chi connectivity index (χ0) is 19.8. The summed E-state index contributed by atoms with van der Waals surface area (Å²) in [4.78, 5) is 8.85. The zero-order valence-corrected chi connectivity index (χ0v) is 16.6. The van der Waals surface area contributed by atoms with Crippen LogP contribution in [-0.4, -0.2) is 38.7 Å². The molecule has 0 bridgehead atoms. The van der Waals surface area contributed by atoms with Crippen LogP contribution in [0.25, 0.3) is 22.1 Å². The number of aromatic nitrogens is 4. The van der Waals surface area contributed by atoms with Gasteiger partial charge >= 0.3 is 0 Å². The maximum atomic E-state index is 11.3. The summed E-state index contributed by atoms with van der Waals surface area (Å²) in [5.41, 5.74) is 5.76. The summed E-state index contributed by atoms with van der Waals surface area (Å²) in [5.74, 6) is 0.293. The molecular formula is C20H22N4O3S. The average molecular weight is 398 g/mol. The molecule has 4 rings (SSSR count). The summed E-state index contributed by atoms with van der Waals surface area (Å²) in [6, 6.07) is 11.6. The lowest BCUT2D eigenvalue weighted by Crippen LogP contribution is -2.23. The highest BCUT2D eigenvalue weighted by Gasteiger charge is 2.16. The van der Waals surface area contributed by atoms with Gasteiger partial charge in [0.15, 0.2) is 0 Å². The fraction of sp³-hybridized carbons (Fsp3) is 0.300. The van der Waals surface area contributed by atoms with Crippen molar-refractivity contribution in [2.75, 3.05) is 0 Å². The highest BCUT2D eigenvalue weighted by molar-refractivity contribution is 7.71. The Morgan fingerprint density at radius 3 is 2.57 bits per heavy atom. The van der Waals surface area contributed by atoms with Gasteiger partial charge in [0.1, 0.15) is 22.3 Å². The number of aliphatic hydroxyl groups is 1. The standard InChI is InChI=1S/C20H22N4O3S/c1-13-7-17-19(8-14(13)2)23(12-21-17)9-15(25)10-24-18-6-4-3-5-16(18)22-20(24)11-28(26)27/h3-8,12,15,25,28H,9-11H2,1-2H3. The van der Waals surface area contributed by atoms with Crippen molar-refractivity contribution in [1.29, 1.82) is 0 Å². The maximum absolute atomic E-state index is 11.3. The van der Waals surface area contributed by atoms with Crippen LogP contribution in [0.4, 0.5) is 0 Å². The zero-order valence-electron chi connectivity index (χ0n) is 15.7. The number of benzene rings is 2. The van der Waals surface area contributed by atoms with Crippen molar-refractivity contribution in [1.82, 2.24) is 19.1 Å². The number of imidazole rings is 2. The maximum Gasteiger partial charge on any atom is 0.147 e. The molecule has 1 N–H and O–H groups in total. The molecule has 2 aromatic carbocycles. The molecule has 0 saturated carbocycles. The third-order valence-electron chi connectivity index (χ3n) is 5.04. The Morgan fingerprint density at radius 1 is 1.04 bits per heavy atom. The van der Waals surface area contributed by atoms with E-state index in [0.717, 1.165) is 22.1 Å². The normalized spacial score (nSPS) is 13.0. The van der Waals surface area contributed by atoms with E-state index in [1.54, 1.807) is 10.9 Å². The van der Waals surface area contributed by atoms with Crippen LogP contribution in [0.5, 0.6) is 0 Å². The van der Waals surface area contributed by atoms with Gasteiger partial charge in [-0.2, -0.15) is 0 Å². The molecule has 0 aliphatic rings. The fourth-order valence-corrected chi connectivity index (χ4v) is 3.99.